The molecule has 5 nitrogen and oxygen atoms in total. The molecule has 1 aromatic carbocycles. The van der Waals surface area contributed by atoms with Gasteiger partial charge in [-0.1, -0.05) is 6.42 Å². The molecule has 6 heteroatoms. The second kappa shape index (κ2) is 4.79. The molecule has 3 rings (SSSR count). The van der Waals surface area contributed by atoms with E-state index in [1.54, 1.807) is 18.2 Å². The van der Waals surface area contributed by atoms with Gasteiger partial charge < -0.3 is 10.7 Å². The van der Waals surface area contributed by atoms with Gasteiger partial charge in [-0.25, -0.2) is 13.1 Å². The molecule has 1 aromatic heterocycles. The van der Waals surface area contributed by atoms with Gasteiger partial charge in [0.15, 0.2) is 0 Å². The van der Waals surface area contributed by atoms with Crippen molar-refractivity contribution in [2.75, 3.05) is 5.73 Å². The molecule has 0 amide bonds. The predicted molar refractivity (Wildman–Crippen MR) is 79.8 cm³/mol. The summed E-state index contributed by atoms with van der Waals surface area (Å²) in [5.74, 6) is 0.464. The van der Waals surface area contributed by atoms with E-state index in [-0.39, 0.29) is 6.04 Å². The van der Waals surface area contributed by atoms with E-state index in [2.05, 4.69) is 9.71 Å². The number of hydrogen-bond acceptors (Lipinski definition) is 3. The summed E-state index contributed by atoms with van der Waals surface area (Å²) in [5, 5.41) is 0.674. The molecule has 1 saturated carbocycles. The monoisotopic (exact) mass is 293 g/mol. The molecule has 1 heterocycles. The number of nitrogens with two attached hydrogens (primary N) is 1. The van der Waals surface area contributed by atoms with Crippen molar-refractivity contribution in [3.05, 3.63) is 24.4 Å². The number of sulfonamides is 1. The third-order valence-electron chi connectivity index (χ3n) is 4.16. The number of aromatic amines is 1. The smallest absolute Gasteiger partial charge is 0.242 e. The molecule has 0 saturated heterocycles. The van der Waals surface area contributed by atoms with Crippen molar-refractivity contribution in [1.82, 2.24) is 9.71 Å². The first-order valence-corrected chi connectivity index (χ1v) is 8.34. The maximum absolute atomic E-state index is 12.5. The van der Waals surface area contributed by atoms with E-state index in [4.69, 9.17) is 5.73 Å². The zero-order valence-electron chi connectivity index (χ0n) is 11.4. The molecule has 1 atom stereocenters. The van der Waals surface area contributed by atoms with Gasteiger partial charge in [0.05, 0.1) is 0 Å². The molecular weight excluding hydrogens is 274 g/mol. The Labute approximate surface area is 118 Å². The number of rotatable bonds is 4. The van der Waals surface area contributed by atoms with Crippen LogP contribution in [0.5, 0.6) is 0 Å². The first-order chi connectivity index (χ1) is 9.47. The molecule has 0 radical (unpaired) electrons. The number of hydrogen-bond donors (Lipinski definition) is 3. The Morgan fingerprint density at radius 3 is 2.80 bits per heavy atom. The fourth-order valence-electron chi connectivity index (χ4n) is 2.68. The minimum Gasteiger partial charge on any atom is -0.399 e. The van der Waals surface area contributed by atoms with Crippen LogP contribution in [0.2, 0.25) is 0 Å². The van der Waals surface area contributed by atoms with E-state index in [0.29, 0.717) is 21.9 Å². The molecule has 20 heavy (non-hydrogen) atoms. The zero-order valence-corrected chi connectivity index (χ0v) is 12.2. The van der Waals surface area contributed by atoms with Gasteiger partial charge in [-0.05, 0) is 43.9 Å². The molecule has 108 valence electrons. The first kappa shape index (κ1) is 13.5. The average molecular weight is 293 g/mol. The molecule has 0 aliphatic heterocycles. The highest BCUT2D eigenvalue weighted by molar-refractivity contribution is 7.89. The minimum atomic E-state index is -3.50. The summed E-state index contributed by atoms with van der Waals surface area (Å²) in [5.41, 5.74) is 7.05. The summed E-state index contributed by atoms with van der Waals surface area (Å²) in [6, 6.07) is 5.17. The fraction of sp³-hybridized carbons (Fsp3) is 0.429. The number of fused-ring (bicyclic) bond motifs is 1. The molecule has 1 aliphatic rings. The van der Waals surface area contributed by atoms with Gasteiger partial charge in [-0.2, -0.15) is 0 Å². The summed E-state index contributed by atoms with van der Waals surface area (Å²) in [6.45, 7) is 1.94. The number of anilines is 1. The maximum Gasteiger partial charge on any atom is 0.242 e. The Hall–Kier alpha value is -1.53. The Bertz CT molecular complexity index is 732. The van der Waals surface area contributed by atoms with E-state index in [1.807, 2.05) is 6.92 Å². The summed E-state index contributed by atoms with van der Waals surface area (Å²) in [6.07, 6.45) is 4.94. The fourth-order valence-corrected chi connectivity index (χ4v) is 4.17. The Kier molecular flexibility index (Phi) is 3.22. The summed E-state index contributed by atoms with van der Waals surface area (Å²) in [4.78, 5) is 3.26. The van der Waals surface area contributed by atoms with Crippen LogP contribution in [0.15, 0.2) is 29.3 Å². The summed E-state index contributed by atoms with van der Waals surface area (Å²) in [7, 11) is -3.50. The lowest BCUT2D eigenvalue weighted by atomic mass is 9.81. The van der Waals surface area contributed by atoms with Crippen LogP contribution >= 0.6 is 0 Å². The van der Waals surface area contributed by atoms with E-state index in [0.717, 1.165) is 18.4 Å². The summed E-state index contributed by atoms with van der Waals surface area (Å²) < 4.78 is 27.8. The first-order valence-electron chi connectivity index (χ1n) is 6.86. The van der Waals surface area contributed by atoms with Crippen molar-refractivity contribution >= 4 is 26.6 Å². The van der Waals surface area contributed by atoms with E-state index in [1.165, 1.54) is 12.6 Å². The topological polar surface area (TPSA) is 88.0 Å². The van der Waals surface area contributed by atoms with Crippen LogP contribution in [0.4, 0.5) is 5.69 Å². The van der Waals surface area contributed by atoms with Crippen molar-refractivity contribution in [2.24, 2.45) is 5.92 Å². The van der Waals surface area contributed by atoms with Gasteiger partial charge in [0.1, 0.15) is 4.90 Å². The van der Waals surface area contributed by atoms with E-state index >= 15 is 0 Å². The third kappa shape index (κ3) is 2.29. The Balaban J connectivity index is 1.92. The van der Waals surface area contributed by atoms with Gasteiger partial charge >= 0.3 is 0 Å². The lowest BCUT2D eigenvalue weighted by Crippen LogP contribution is -2.40. The standard InChI is InChI=1S/C14H19N3O2S/c1-9(10-3-2-4-10)17-20(18,19)14-8-16-13-7-11(15)5-6-12(13)14/h5-10,16-17H,2-4,15H2,1H3. The molecule has 0 bridgehead atoms. The van der Waals surface area contributed by atoms with Gasteiger partial charge in [0.25, 0.3) is 0 Å². The van der Waals surface area contributed by atoms with Crippen molar-refractivity contribution in [3.63, 3.8) is 0 Å². The quantitative estimate of drug-likeness (QED) is 0.755. The lowest BCUT2D eigenvalue weighted by molar-refractivity contribution is 0.260. The van der Waals surface area contributed by atoms with E-state index in [9.17, 15) is 8.42 Å². The molecule has 4 N–H and O–H groups in total. The average Bonchev–Trinajstić information content (AvgIpc) is 2.68. The number of nitrogen functional groups attached to an aromatic ring is 1. The van der Waals surface area contributed by atoms with Crippen LogP contribution in [0, 0.1) is 5.92 Å². The molecule has 0 spiro atoms. The van der Waals surface area contributed by atoms with Crippen LogP contribution in [0.1, 0.15) is 26.2 Å². The Morgan fingerprint density at radius 2 is 2.15 bits per heavy atom. The van der Waals surface area contributed by atoms with Crippen LogP contribution in [-0.4, -0.2) is 19.4 Å². The number of aromatic nitrogens is 1. The molecule has 2 aromatic rings. The lowest BCUT2D eigenvalue weighted by Gasteiger charge is -2.31. The van der Waals surface area contributed by atoms with Crippen molar-refractivity contribution in [1.29, 1.82) is 0 Å². The molecule has 1 aliphatic carbocycles. The summed E-state index contributed by atoms with van der Waals surface area (Å²) >= 11 is 0. The third-order valence-corrected chi connectivity index (χ3v) is 5.75. The highest BCUT2D eigenvalue weighted by Gasteiger charge is 2.29. The second-order valence-electron chi connectivity index (χ2n) is 5.56. The predicted octanol–water partition coefficient (Wildman–Crippen LogP) is 2.22. The van der Waals surface area contributed by atoms with E-state index < -0.39 is 10.0 Å². The second-order valence-corrected chi connectivity index (χ2v) is 7.24. The molecular formula is C14H19N3O2S. The molecule has 1 unspecified atom stereocenters. The minimum absolute atomic E-state index is 0.0209. The van der Waals surface area contributed by atoms with Crippen molar-refractivity contribution in [2.45, 2.75) is 37.1 Å². The highest BCUT2D eigenvalue weighted by atomic mass is 32.2. The molecule has 1 fully saturated rings. The van der Waals surface area contributed by atoms with Gasteiger partial charge in [-0.15, -0.1) is 0 Å². The van der Waals surface area contributed by atoms with Crippen LogP contribution in [-0.2, 0) is 10.0 Å². The van der Waals surface area contributed by atoms with Crippen molar-refractivity contribution < 1.29 is 8.42 Å². The van der Waals surface area contributed by atoms with Crippen molar-refractivity contribution in [3.8, 4) is 0 Å². The number of nitrogens with one attached hydrogen (secondary N) is 2. The van der Waals surface area contributed by atoms with Gasteiger partial charge in [0, 0.05) is 28.8 Å². The SMILES string of the molecule is CC(NS(=O)(=O)c1c[nH]c2cc(N)ccc12)C1CCC1. The van der Waals surface area contributed by atoms with Gasteiger partial charge in [-0.3, -0.25) is 0 Å². The van der Waals surface area contributed by atoms with Gasteiger partial charge in [0.2, 0.25) is 10.0 Å². The Morgan fingerprint density at radius 1 is 1.40 bits per heavy atom. The highest BCUT2D eigenvalue weighted by Crippen LogP contribution is 2.31. The number of benzene rings is 1. The zero-order chi connectivity index (χ0) is 14.3. The largest absolute Gasteiger partial charge is 0.399 e. The number of H-pyrrole nitrogens is 1. The van der Waals surface area contributed by atoms with Crippen LogP contribution in [0.3, 0.4) is 0 Å². The normalized spacial score (nSPS) is 18.1. The van der Waals surface area contributed by atoms with Crippen LogP contribution in [0.25, 0.3) is 10.9 Å². The van der Waals surface area contributed by atoms with Crippen LogP contribution < -0.4 is 10.5 Å². The maximum atomic E-state index is 12.5.